The minimum absolute atomic E-state index is 0.000806. The quantitative estimate of drug-likeness (QED) is 0.254. The van der Waals surface area contributed by atoms with Crippen LogP contribution in [0.1, 0.15) is 99.8 Å². The van der Waals surface area contributed by atoms with Crippen molar-refractivity contribution in [3.8, 4) is 11.6 Å². The molecule has 1 aromatic heterocycles. The number of carbonyl (C=O) groups excluding carboxylic acids is 4. The van der Waals surface area contributed by atoms with Gasteiger partial charge in [-0.05, 0) is 92.6 Å². The maximum atomic E-state index is 14.8. The first-order chi connectivity index (χ1) is 25.9. The number of allylic oxidation sites excluding steroid dienone is 2. The van der Waals surface area contributed by atoms with E-state index in [0.717, 1.165) is 5.39 Å². The Kier molecular flexibility index (Phi) is 11.4. The van der Waals surface area contributed by atoms with Gasteiger partial charge in [0.05, 0.1) is 60.1 Å². The van der Waals surface area contributed by atoms with Crippen LogP contribution >= 0.6 is 0 Å². The zero-order valence-electron chi connectivity index (χ0n) is 33.0. The first kappa shape index (κ1) is 40.6. The Morgan fingerprint density at radius 1 is 1.11 bits per heavy atom. The van der Waals surface area contributed by atoms with Gasteiger partial charge in [0.2, 0.25) is 27.7 Å². The molecule has 0 bridgehead atoms. The lowest BCUT2D eigenvalue weighted by Gasteiger charge is -2.32. The Balaban J connectivity index is 1.35. The second-order valence-electron chi connectivity index (χ2n) is 16.9. The van der Waals surface area contributed by atoms with Crippen molar-refractivity contribution in [2.45, 2.75) is 135 Å². The topological polar surface area (TPSA) is 168 Å². The van der Waals surface area contributed by atoms with Crippen molar-refractivity contribution in [2.24, 2.45) is 17.3 Å². The van der Waals surface area contributed by atoms with Crippen LogP contribution in [0, 0.1) is 17.3 Å². The molecule has 1 N–H and O–H groups in total. The monoisotopic (exact) mass is 781 g/mol. The molecule has 1 saturated heterocycles. The molecule has 7 atom stereocenters. The van der Waals surface area contributed by atoms with Crippen molar-refractivity contribution >= 4 is 44.4 Å². The number of benzene rings is 1. The summed E-state index contributed by atoms with van der Waals surface area (Å²) in [4.78, 5) is 62.7. The fourth-order valence-electron chi connectivity index (χ4n) is 7.80. The summed E-state index contributed by atoms with van der Waals surface area (Å²) in [5, 5.41) is 1.49. The predicted octanol–water partition coefficient (Wildman–Crippen LogP) is 5.44. The molecule has 3 heterocycles. The highest BCUT2D eigenvalue weighted by Crippen LogP contribution is 2.57. The molecule has 1 aromatic carbocycles. The molecule has 2 amide bonds. The van der Waals surface area contributed by atoms with Crippen molar-refractivity contribution in [3.63, 3.8) is 0 Å². The van der Waals surface area contributed by atoms with Gasteiger partial charge in [0, 0.05) is 23.6 Å². The van der Waals surface area contributed by atoms with Crippen LogP contribution in [0.2, 0.25) is 0 Å². The van der Waals surface area contributed by atoms with Crippen LogP contribution in [0.4, 0.5) is 0 Å². The summed E-state index contributed by atoms with van der Waals surface area (Å²) in [5.74, 6) is -2.59. The molecule has 55 heavy (non-hydrogen) atoms. The molecule has 2 aromatic rings. The van der Waals surface area contributed by atoms with Gasteiger partial charge in [0.1, 0.15) is 17.5 Å². The van der Waals surface area contributed by atoms with Crippen LogP contribution in [0.5, 0.6) is 11.6 Å². The smallest absolute Gasteiger partial charge is 0.307 e. The third-order valence-electron chi connectivity index (χ3n) is 11.4. The van der Waals surface area contributed by atoms with E-state index in [4.69, 9.17) is 18.9 Å². The Morgan fingerprint density at radius 2 is 1.82 bits per heavy atom. The van der Waals surface area contributed by atoms with Crippen molar-refractivity contribution in [1.82, 2.24) is 14.6 Å². The number of sulfonamides is 1. The molecule has 2 aliphatic heterocycles. The number of Topliss-reactive ketones (excluding diaryl/α,β-unsaturated/α-hetero) is 1. The molecule has 0 radical (unpaired) electrons. The Morgan fingerprint density at radius 3 is 2.49 bits per heavy atom. The molecule has 6 rings (SSSR count). The highest BCUT2D eigenvalue weighted by Gasteiger charge is 2.62. The minimum atomic E-state index is -3.97. The summed E-state index contributed by atoms with van der Waals surface area (Å²) in [7, 11) is -3.97. The second-order valence-corrected chi connectivity index (χ2v) is 19.1. The third kappa shape index (κ3) is 8.85. The normalized spacial score (nSPS) is 30.3. The lowest BCUT2D eigenvalue weighted by atomic mass is 9.90. The number of esters is 1. The Labute approximate surface area is 323 Å². The number of nitrogens with zero attached hydrogens (tertiary/aromatic N) is 2. The fraction of sp³-hybridized carbons (Fsp3) is 0.634. The van der Waals surface area contributed by atoms with E-state index in [1.807, 2.05) is 50.3 Å². The number of ether oxygens (including phenoxy) is 4. The summed E-state index contributed by atoms with van der Waals surface area (Å²) >= 11 is 0. The highest BCUT2D eigenvalue weighted by molar-refractivity contribution is 7.91. The molecule has 2 aliphatic carbocycles. The lowest BCUT2D eigenvalue weighted by molar-refractivity contribution is -0.163. The fourth-order valence-corrected chi connectivity index (χ4v) is 9.13. The van der Waals surface area contributed by atoms with Gasteiger partial charge in [0.15, 0.2) is 5.78 Å². The summed E-state index contributed by atoms with van der Waals surface area (Å²) in [6.07, 6.45) is 5.66. The third-order valence-corrected chi connectivity index (χ3v) is 13.5. The van der Waals surface area contributed by atoms with Crippen LogP contribution in [0.15, 0.2) is 42.6 Å². The molecule has 3 fully saturated rings. The Bertz CT molecular complexity index is 1950. The first-order valence-electron chi connectivity index (χ1n) is 19.5. The van der Waals surface area contributed by atoms with E-state index in [1.54, 1.807) is 40.8 Å². The average Bonchev–Trinajstić information content (AvgIpc) is 3.99. The number of ketones is 1. The zero-order valence-corrected chi connectivity index (χ0v) is 33.8. The minimum Gasteiger partial charge on any atom is -0.492 e. The molecule has 13 nitrogen and oxygen atoms in total. The molecule has 0 unspecified atom stereocenters. The highest BCUT2D eigenvalue weighted by atomic mass is 32.2. The van der Waals surface area contributed by atoms with E-state index in [-0.39, 0.29) is 37.8 Å². The van der Waals surface area contributed by atoms with E-state index in [9.17, 15) is 27.6 Å². The number of aromatic nitrogens is 1. The maximum absolute atomic E-state index is 14.8. The van der Waals surface area contributed by atoms with E-state index < -0.39 is 73.5 Å². The van der Waals surface area contributed by atoms with Crippen molar-refractivity contribution < 1.29 is 46.5 Å². The van der Waals surface area contributed by atoms with Gasteiger partial charge in [-0.1, -0.05) is 30.4 Å². The number of carbonyl (C=O) groups is 4. The van der Waals surface area contributed by atoms with E-state index in [0.29, 0.717) is 55.7 Å². The average molecular weight is 782 g/mol. The number of hydrogen-bond acceptors (Lipinski definition) is 11. The SMILES string of the molecule is CCOc1cnc(O[C@@H]2C[C@H]3C(=O)C[C@]4(C(=O)NS(=O)(=O)C5(C)CC5)C[C@H]4/C=C\CC[C@@H](C)O[C@@H](C)[C@H](CC(=O)OC(C)(C)C)C(=O)N3C2)c2ccccc12. The van der Waals surface area contributed by atoms with E-state index in [2.05, 4.69) is 9.71 Å². The second kappa shape index (κ2) is 15.5. The van der Waals surface area contributed by atoms with Gasteiger partial charge >= 0.3 is 5.97 Å². The van der Waals surface area contributed by atoms with Crippen LogP contribution in [-0.4, -0.2) is 89.7 Å². The summed E-state index contributed by atoms with van der Waals surface area (Å²) < 4.78 is 52.0. The molecular formula is C41H55N3O10S. The summed E-state index contributed by atoms with van der Waals surface area (Å²) in [6, 6.07) is 6.47. The van der Waals surface area contributed by atoms with Crippen molar-refractivity contribution in [1.29, 1.82) is 0 Å². The van der Waals surface area contributed by atoms with Gasteiger partial charge in [-0.15, -0.1) is 0 Å². The molecular weight excluding hydrogens is 727 g/mol. The number of amides is 2. The van der Waals surface area contributed by atoms with Crippen molar-refractivity contribution in [2.75, 3.05) is 13.2 Å². The van der Waals surface area contributed by atoms with Gasteiger partial charge in [-0.3, -0.25) is 23.9 Å². The number of rotatable bonds is 9. The first-order valence-corrected chi connectivity index (χ1v) is 21.0. The largest absolute Gasteiger partial charge is 0.492 e. The van der Waals surface area contributed by atoms with Gasteiger partial charge in [-0.25, -0.2) is 13.4 Å². The Hall–Kier alpha value is -4.04. The van der Waals surface area contributed by atoms with Gasteiger partial charge < -0.3 is 23.8 Å². The summed E-state index contributed by atoms with van der Waals surface area (Å²) in [6.45, 7) is 12.8. The van der Waals surface area contributed by atoms with Crippen LogP contribution in [0.25, 0.3) is 10.8 Å². The molecule has 2 saturated carbocycles. The number of hydrogen-bond donors (Lipinski definition) is 1. The molecule has 14 heteroatoms. The van der Waals surface area contributed by atoms with Gasteiger partial charge in [-0.2, -0.15) is 0 Å². The van der Waals surface area contributed by atoms with Crippen LogP contribution in [0.3, 0.4) is 0 Å². The predicted molar refractivity (Wildman–Crippen MR) is 205 cm³/mol. The van der Waals surface area contributed by atoms with Gasteiger partial charge in [0.25, 0.3) is 0 Å². The lowest BCUT2D eigenvalue weighted by Crippen LogP contribution is -2.49. The molecule has 0 spiro atoms. The van der Waals surface area contributed by atoms with E-state index >= 15 is 0 Å². The zero-order chi connectivity index (χ0) is 39.9. The van der Waals surface area contributed by atoms with E-state index in [1.165, 1.54) is 4.90 Å². The summed E-state index contributed by atoms with van der Waals surface area (Å²) in [5.41, 5.74) is -2.08. The number of nitrogens with one attached hydrogen (secondary N) is 1. The standard InChI is InChI=1S/C41H55N3O10S/c1-8-51-34-23-42-36(30-16-12-11-15-29(30)34)53-28-19-32-33(45)22-41(38(48)43-55(49,50)40(7)17-18-40)21-27(41)14-10-9-13-25(2)52-26(3)31(37(47)44(32)24-28)20-35(46)54-39(4,5)6/h10-12,14-16,23,25-28,31-32H,8-9,13,17-22,24H2,1-7H3,(H,43,48)/b14-10-/t25-,26+,27-,28-,31+,32+,41-/m1/s1. The molecule has 4 aliphatic rings. The number of fused-ring (bicyclic) bond motifs is 3. The van der Waals surface area contributed by atoms with Crippen LogP contribution < -0.4 is 14.2 Å². The number of pyridine rings is 1. The molecule has 300 valence electrons. The van der Waals surface area contributed by atoms with Crippen LogP contribution in [-0.2, 0) is 38.7 Å². The van der Waals surface area contributed by atoms with Crippen molar-refractivity contribution in [3.05, 3.63) is 42.6 Å². The maximum Gasteiger partial charge on any atom is 0.307 e.